The van der Waals surface area contributed by atoms with Crippen molar-refractivity contribution in [1.29, 1.82) is 0 Å². The fourth-order valence-electron chi connectivity index (χ4n) is 3.61. The lowest BCUT2D eigenvalue weighted by atomic mass is 10.1. The minimum atomic E-state index is -3.62. The Labute approximate surface area is 213 Å². The number of halogens is 1. The molecule has 0 aliphatic heterocycles. The smallest absolute Gasteiger partial charge is 0.242 e. The maximum absolute atomic E-state index is 14.3. The molecule has 0 saturated carbocycles. The number of carbonyl (C=O) groups excluding carboxylic acids is 2. The van der Waals surface area contributed by atoms with Gasteiger partial charge in [-0.1, -0.05) is 38.1 Å². The molecular weight excluding hydrogens is 485 g/mol. The van der Waals surface area contributed by atoms with Gasteiger partial charge in [-0.15, -0.1) is 0 Å². The Balaban J connectivity index is 2.18. The topological polar surface area (TPSA) is 96.0 Å². The van der Waals surface area contributed by atoms with Crippen LogP contribution in [0.1, 0.15) is 39.2 Å². The molecule has 0 fully saturated rings. The number of ether oxygens (including phenoxy) is 1. The van der Waals surface area contributed by atoms with E-state index in [0.717, 1.165) is 6.26 Å². The largest absolute Gasteiger partial charge is 0.497 e. The van der Waals surface area contributed by atoms with Crippen molar-refractivity contribution in [3.8, 4) is 5.75 Å². The van der Waals surface area contributed by atoms with Crippen molar-refractivity contribution in [2.75, 3.05) is 30.8 Å². The highest BCUT2D eigenvalue weighted by atomic mass is 32.2. The summed E-state index contributed by atoms with van der Waals surface area (Å²) in [4.78, 5) is 27.3. The van der Waals surface area contributed by atoms with Crippen molar-refractivity contribution in [1.82, 2.24) is 10.2 Å². The van der Waals surface area contributed by atoms with Gasteiger partial charge in [0.1, 0.15) is 17.6 Å². The lowest BCUT2D eigenvalue weighted by Gasteiger charge is -2.30. The molecule has 0 heterocycles. The zero-order valence-corrected chi connectivity index (χ0v) is 22.3. The summed E-state index contributed by atoms with van der Waals surface area (Å²) in [5.41, 5.74) is 0.720. The Bertz CT molecular complexity index is 1140. The molecule has 1 N–H and O–H groups in total. The summed E-state index contributed by atoms with van der Waals surface area (Å²) in [5, 5.41) is 2.82. The van der Waals surface area contributed by atoms with Crippen molar-refractivity contribution in [2.24, 2.45) is 5.92 Å². The van der Waals surface area contributed by atoms with E-state index < -0.39 is 21.9 Å². The Morgan fingerprint density at radius 2 is 1.78 bits per heavy atom. The van der Waals surface area contributed by atoms with Crippen molar-refractivity contribution in [3.05, 3.63) is 59.9 Å². The van der Waals surface area contributed by atoms with Gasteiger partial charge in [0.15, 0.2) is 0 Å². The summed E-state index contributed by atoms with van der Waals surface area (Å²) in [6, 6.07) is 11.9. The predicted octanol–water partition coefficient (Wildman–Crippen LogP) is 3.57. The molecule has 36 heavy (non-hydrogen) atoms. The number of hydrogen-bond acceptors (Lipinski definition) is 5. The first kappa shape index (κ1) is 29.1. The van der Waals surface area contributed by atoms with Gasteiger partial charge in [-0.2, -0.15) is 0 Å². The molecule has 10 heteroatoms. The molecule has 0 aromatic heterocycles. The van der Waals surface area contributed by atoms with E-state index in [9.17, 15) is 22.4 Å². The van der Waals surface area contributed by atoms with Gasteiger partial charge in [0.25, 0.3) is 0 Å². The molecule has 198 valence electrons. The quantitative estimate of drug-likeness (QED) is 0.435. The number of methoxy groups -OCH3 is 1. The predicted molar refractivity (Wildman–Crippen MR) is 139 cm³/mol. The molecule has 2 amide bonds. The van der Waals surface area contributed by atoms with Crippen LogP contribution >= 0.6 is 0 Å². The summed E-state index contributed by atoms with van der Waals surface area (Å²) in [5.74, 6) is -0.427. The first-order valence-corrected chi connectivity index (χ1v) is 13.7. The second-order valence-corrected chi connectivity index (χ2v) is 11.0. The van der Waals surface area contributed by atoms with E-state index in [-0.39, 0.29) is 43.7 Å². The maximum Gasteiger partial charge on any atom is 0.242 e. The van der Waals surface area contributed by atoms with E-state index in [1.807, 2.05) is 13.8 Å². The van der Waals surface area contributed by atoms with Gasteiger partial charge in [-0.25, -0.2) is 12.8 Å². The molecule has 0 bridgehead atoms. The first-order chi connectivity index (χ1) is 16.9. The average molecular weight is 522 g/mol. The van der Waals surface area contributed by atoms with Crippen LogP contribution in [0.25, 0.3) is 0 Å². The fourth-order valence-corrected chi connectivity index (χ4v) is 4.57. The molecule has 0 aliphatic rings. The van der Waals surface area contributed by atoms with Gasteiger partial charge < -0.3 is 15.0 Å². The van der Waals surface area contributed by atoms with Crippen LogP contribution < -0.4 is 14.4 Å². The zero-order valence-electron chi connectivity index (χ0n) is 21.5. The highest BCUT2D eigenvalue weighted by molar-refractivity contribution is 7.92. The molecule has 8 nitrogen and oxygen atoms in total. The second-order valence-electron chi connectivity index (χ2n) is 9.07. The Morgan fingerprint density at radius 3 is 2.39 bits per heavy atom. The Morgan fingerprint density at radius 1 is 1.08 bits per heavy atom. The van der Waals surface area contributed by atoms with Crippen LogP contribution in [-0.2, 0) is 26.2 Å². The number of carbonyl (C=O) groups is 2. The number of amides is 2. The van der Waals surface area contributed by atoms with Crippen molar-refractivity contribution >= 4 is 27.5 Å². The summed E-state index contributed by atoms with van der Waals surface area (Å²) in [7, 11) is -2.13. The van der Waals surface area contributed by atoms with E-state index in [2.05, 4.69) is 5.32 Å². The summed E-state index contributed by atoms with van der Waals surface area (Å²) < 4.78 is 45.6. The third kappa shape index (κ3) is 8.51. The van der Waals surface area contributed by atoms with Crippen LogP contribution in [0.5, 0.6) is 5.75 Å². The zero-order chi connectivity index (χ0) is 26.9. The number of nitrogens with one attached hydrogen (secondary N) is 1. The molecule has 2 rings (SSSR count). The number of sulfonamides is 1. The van der Waals surface area contributed by atoms with Crippen LogP contribution in [0, 0.1) is 11.7 Å². The van der Waals surface area contributed by atoms with Crippen LogP contribution in [0.4, 0.5) is 10.1 Å². The number of rotatable bonds is 13. The lowest BCUT2D eigenvalue weighted by Crippen LogP contribution is -2.48. The van der Waals surface area contributed by atoms with Gasteiger partial charge in [0, 0.05) is 37.7 Å². The van der Waals surface area contributed by atoms with Crippen molar-refractivity contribution in [3.63, 3.8) is 0 Å². The van der Waals surface area contributed by atoms with Crippen LogP contribution in [-0.4, -0.2) is 57.6 Å². The highest BCUT2D eigenvalue weighted by Gasteiger charge is 2.27. The SMILES string of the molecule is COc1cccc(N(CCCC(=O)N(Cc2ccccc2F)[C@@H](C)C(=O)NCC(C)C)S(C)(=O)=O)c1. The monoisotopic (exact) mass is 521 g/mol. The van der Waals surface area contributed by atoms with E-state index >= 15 is 0 Å². The Hall–Kier alpha value is -3.14. The second kappa shape index (κ2) is 13.2. The van der Waals surface area contributed by atoms with Gasteiger partial charge in [0.2, 0.25) is 21.8 Å². The lowest BCUT2D eigenvalue weighted by molar-refractivity contribution is -0.140. The number of nitrogens with zero attached hydrogens (tertiary/aromatic N) is 2. The highest BCUT2D eigenvalue weighted by Crippen LogP contribution is 2.24. The minimum absolute atomic E-state index is 0.0216. The molecule has 0 radical (unpaired) electrons. The van der Waals surface area contributed by atoms with Crippen LogP contribution in [0.15, 0.2) is 48.5 Å². The van der Waals surface area contributed by atoms with E-state index in [4.69, 9.17) is 4.74 Å². The Kier molecular flexibility index (Phi) is 10.7. The minimum Gasteiger partial charge on any atom is -0.497 e. The molecule has 0 aliphatic carbocycles. The van der Waals surface area contributed by atoms with E-state index in [1.165, 1.54) is 22.4 Å². The number of anilines is 1. The maximum atomic E-state index is 14.3. The molecule has 2 aromatic rings. The standard InChI is InChI=1S/C26H36FN3O5S/c1-19(2)17-28-26(32)20(3)29(18-21-10-6-7-13-24(21)27)25(31)14-9-15-30(36(5,33)34)22-11-8-12-23(16-22)35-4/h6-8,10-13,16,19-20H,9,14-15,17-18H2,1-5H3,(H,28,32)/t20-/m0/s1. The summed E-state index contributed by atoms with van der Waals surface area (Å²) in [6.07, 6.45) is 1.28. The van der Waals surface area contributed by atoms with Crippen molar-refractivity contribution < 1.29 is 27.1 Å². The van der Waals surface area contributed by atoms with Crippen LogP contribution in [0.3, 0.4) is 0 Å². The molecular formula is C26H36FN3O5S. The van der Waals surface area contributed by atoms with E-state index in [1.54, 1.807) is 49.4 Å². The first-order valence-electron chi connectivity index (χ1n) is 11.9. The summed E-state index contributed by atoms with van der Waals surface area (Å²) >= 11 is 0. The number of benzene rings is 2. The van der Waals surface area contributed by atoms with Gasteiger partial charge in [-0.05, 0) is 37.5 Å². The third-order valence-electron chi connectivity index (χ3n) is 5.64. The normalized spacial score (nSPS) is 12.2. The average Bonchev–Trinajstić information content (AvgIpc) is 2.83. The summed E-state index contributed by atoms with van der Waals surface area (Å²) in [6.45, 7) is 5.96. The molecule has 0 saturated heterocycles. The van der Waals surface area contributed by atoms with E-state index in [0.29, 0.717) is 23.5 Å². The molecule has 2 aromatic carbocycles. The molecule has 0 spiro atoms. The fraction of sp³-hybridized carbons (Fsp3) is 0.462. The number of hydrogen-bond donors (Lipinski definition) is 1. The van der Waals surface area contributed by atoms with Gasteiger partial charge in [0.05, 0.1) is 19.1 Å². The van der Waals surface area contributed by atoms with Crippen molar-refractivity contribution in [2.45, 2.75) is 46.2 Å². The third-order valence-corrected chi connectivity index (χ3v) is 6.84. The molecule has 0 unspecified atom stereocenters. The van der Waals surface area contributed by atoms with Gasteiger partial charge >= 0.3 is 0 Å². The van der Waals surface area contributed by atoms with Gasteiger partial charge in [-0.3, -0.25) is 13.9 Å². The molecule has 1 atom stereocenters. The van der Waals surface area contributed by atoms with Crippen LogP contribution in [0.2, 0.25) is 0 Å².